The fraction of sp³-hybridized carbons (Fsp3) is 1.00. The van der Waals surface area contributed by atoms with Gasteiger partial charge < -0.3 is 10.1 Å². The summed E-state index contributed by atoms with van der Waals surface area (Å²) in [5, 5.41) is 3.32. The molecule has 0 saturated heterocycles. The van der Waals surface area contributed by atoms with Gasteiger partial charge in [-0.15, -0.1) is 0 Å². The molecule has 1 atom stereocenters. The van der Waals surface area contributed by atoms with Crippen molar-refractivity contribution in [2.24, 2.45) is 0 Å². The lowest BCUT2D eigenvalue weighted by Gasteiger charge is -2.21. The van der Waals surface area contributed by atoms with Gasteiger partial charge in [-0.25, -0.2) is 0 Å². The van der Waals surface area contributed by atoms with Crippen LogP contribution in [0.25, 0.3) is 0 Å². The first-order valence-electron chi connectivity index (χ1n) is 6.03. The van der Waals surface area contributed by atoms with Crippen LogP contribution in [0.3, 0.4) is 0 Å². The molecule has 0 aromatic heterocycles. The molecule has 1 unspecified atom stereocenters. The summed E-state index contributed by atoms with van der Waals surface area (Å²) in [5.41, 5.74) is 0.0837. The van der Waals surface area contributed by atoms with Gasteiger partial charge in [0.15, 0.2) is 0 Å². The average Bonchev–Trinajstić information content (AvgIpc) is 2.09. The number of alkyl halides is 3. The molecule has 0 spiro atoms. The van der Waals surface area contributed by atoms with Gasteiger partial charge in [-0.3, -0.25) is 0 Å². The summed E-state index contributed by atoms with van der Waals surface area (Å²) in [6.07, 6.45) is -3.41. The lowest BCUT2D eigenvalue weighted by atomic mass is 10.1. The van der Waals surface area contributed by atoms with Crippen molar-refractivity contribution in [3.05, 3.63) is 0 Å². The average molecular weight is 255 g/mol. The zero-order chi connectivity index (χ0) is 13.5. The quantitative estimate of drug-likeness (QED) is 0.703. The highest BCUT2D eigenvalue weighted by Crippen LogP contribution is 2.19. The Bertz CT molecular complexity index is 199. The second kappa shape index (κ2) is 7.21. The Morgan fingerprint density at radius 3 is 2.24 bits per heavy atom. The Labute approximate surface area is 102 Å². The Morgan fingerprint density at radius 1 is 1.18 bits per heavy atom. The van der Waals surface area contributed by atoms with Crippen molar-refractivity contribution in [2.45, 2.75) is 64.8 Å². The lowest BCUT2D eigenvalue weighted by Crippen LogP contribution is -2.36. The Hall–Kier alpha value is -0.290. The van der Waals surface area contributed by atoms with E-state index in [4.69, 9.17) is 4.74 Å². The number of halogens is 3. The van der Waals surface area contributed by atoms with E-state index in [1.807, 2.05) is 6.92 Å². The molecule has 0 amide bonds. The minimum Gasteiger partial charge on any atom is -0.378 e. The third-order valence-corrected chi connectivity index (χ3v) is 2.23. The van der Waals surface area contributed by atoms with Crippen molar-refractivity contribution in [3.8, 4) is 0 Å². The minimum atomic E-state index is -4.12. The van der Waals surface area contributed by atoms with Gasteiger partial charge >= 0.3 is 6.18 Å². The summed E-state index contributed by atoms with van der Waals surface area (Å²) < 4.78 is 40.7. The van der Waals surface area contributed by atoms with E-state index in [1.54, 1.807) is 0 Å². The molecule has 1 N–H and O–H groups in total. The van der Waals surface area contributed by atoms with Crippen LogP contribution in [-0.2, 0) is 4.74 Å². The Morgan fingerprint density at radius 2 is 1.76 bits per heavy atom. The van der Waals surface area contributed by atoms with E-state index >= 15 is 0 Å². The molecule has 0 aliphatic rings. The number of nitrogens with one attached hydrogen (secondary N) is 1. The van der Waals surface area contributed by atoms with Crippen LogP contribution in [0.15, 0.2) is 0 Å². The number of hydrogen-bond donors (Lipinski definition) is 1. The molecule has 0 saturated carbocycles. The Kier molecular flexibility index (Phi) is 7.09. The predicted octanol–water partition coefficient (Wildman–Crippen LogP) is 3.51. The maximum absolute atomic E-state index is 11.9. The molecular formula is C12H24F3NO. The molecule has 2 nitrogen and oxygen atoms in total. The van der Waals surface area contributed by atoms with Crippen molar-refractivity contribution < 1.29 is 17.9 Å². The van der Waals surface area contributed by atoms with E-state index in [-0.39, 0.29) is 18.2 Å². The highest BCUT2D eigenvalue weighted by atomic mass is 19.4. The van der Waals surface area contributed by atoms with Gasteiger partial charge in [0.25, 0.3) is 0 Å². The second-order valence-corrected chi connectivity index (χ2v) is 5.37. The van der Waals surface area contributed by atoms with E-state index in [0.29, 0.717) is 0 Å². The van der Waals surface area contributed by atoms with E-state index in [1.165, 1.54) is 0 Å². The van der Waals surface area contributed by atoms with Crippen LogP contribution in [-0.4, -0.2) is 31.0 Å². The van der Waals surface area contributed by atoms with Gasteiger partial charge in [0.2, 0.25) is 0 Å². The summed E-state index contributed by atoms with van der Waals surface area (Å²) in [6, 6.07) is 0. The number of ether oxygens (including phenoxy) is 1. The van der Waals surface area contributed by atoms with Crippen molar-refractivity contribution in [2.75, 3.05) is 13.2 Å². The van der Waals surface area contributed by atoms with Crippen LogP contribution in [0.5, 0.6) is 0 Å². The lowest BCUT2D eigenvalue weighted by molar-refractivity contribution is -0.148. The first kappa shape index (κ1) is 16.7. The monoisotopic (exact) mass is 255 g/mol. The first-order chi connectivity index (χ1) is 7.60. The zero-order valence-electron chi connectivity index (χ0n) is 11.2. The first-order valence-corrected chi connectivity index (χ1v) is 6.03. The third kappa shape index (κ3) is 13.6. The van der Waals surface area contributed by atoms with Crippen LogP contribution < -0.4 is 5.32 Å². The molecule has 0 aliphatic heterocycles. The summed E-state index contributed by atoms with van der Waals surface area (Å²) in [5.74, 6) is 0. The van der Waals surface area contributed by atoms with Crippen molar-refractivity contribution >= 4 is 0 Å². The number of hydrogen-bond acceptors (Lipinski definition) is 2. The second-order valence-electron chi connectivity index (χ2n) is 5.37. The molecule has 0 fully saturated rings. The van der Waals surface area contributed by atoms with E-state index in [0.717, 1.165) is 19.4 Å². The van der Waals surface area contributed by atoms with E-state index in [9.17, 15) is 13.2 Å². The fourth-order valence-corrected chi connectivity index (χ4v) is 1.31. The zero-order valence-corrected chi connectivity index (χ0v) is 11.2. The summed E-state index contributed by atoms with van der Waals surface area (Å²) in [7, 11) is 0. The fourth-order valence-electron chi connectivity index (χ4n) is 1.31. The van der Waals surface area contributed by atoms with Gasteiger partial charge in [-0.05, 0) is 47.1 Å². The van der Waals surface area contributed by atoms with Crippen LogP contribution in [0.4, 0.5) is 13.2 Å². The molecule has 0 heterocycles. The van der Waals surface area contributed by atoms with Crippen LogP contribution in [0.2, 0.25) is 0 Å². The van der Waals surface area contributed by atoms with Gasteiger partial charge in [0.05, 0.1) is 19.1 Å². The van der Waals surface area contributed by atoms with Crippen LogP contribution >= 0.6 is 0 Å². The van der Waals surface area contributed by atoms with Gasteiger partial charge in [0.1, 0.15) is 0 Å². The van der Waals surface area contributed by atoms with Gasteiger partial charge in [0, 0.05) is 5.54 Å². The summed E-state index contributed by atoms with van der Waals surface area (Å²) in [6.45, 7) is 8.67. The predicted molar refractivity (Wildman–Crippen MR) is 63.1 cm³/mol. The molecule has 5 heteroatoms. The highest BCUT2D eigenvalue weighted by Gasteiger charge is 2.26. The molecule has 0 aromatic rings. The van der Waals surface area contributed by atoms with E-state index < -0.39 is 12.6 Å². The molecule has 0 aliphatic carbocycles. The molecule has 17 heavy (non-hydrogen) atoms. The minimum absolute atomic E-state index is 0.0837. The van der Waals surface area contributed by atoms with Crippen LogP contribution in [0.1, 0.15) is 47.0 Å². The van der Waals surface area contributed by atoms with Crippen LogP contribution in [0, 0.1) is 0 Å². The van der Waals surface area contributed by atoms with Crippen molar-refractivity contribution in [1.82, 2.24) is 5.32 Å². The van der Waals surface area contributed by atoms with Gasteiger partial charge in [-0.2, -0.15) is 13.2 Å². The van der Waals surface area contributed by atoms with Crippen molar-refractivity contribution in [3.63, 3.8) is 0 Å². The van der Waals surface area contributed by atoms with E-state index in [2.05, 4.69) is 26.1 Å². The summed E-state index contributed by atoms with van der Waals surface area (Å²) >= 11 is 0. The Balaban J connectivity index is 3.44. The largest absolute Gasteiger partial charge is 0.391 e. The molecule has 0 aromatic carbocycles. The number of rotatable bonds is 7. The molecule has 104 valence electrons. The summed E-state index contributed by atoms with van der Waals surface area (Å²) in [4.78, 5) is 0. The molecule has 0 rings (SSSR count). The normalized spacial score (nSPS) is 15.0. The molecule has 0 bridgehead atoms. The standard InChI is InChI=1S/C12H24F3NO/c1-10(17-9-7-12(13,14)15)6-5-8-16-11(2,3)4/h10,16H,5-9H2,1-4H3. The smallest absolute Gasteiger partial charge is 0.378 e. The molecular weight excluding hydrogens is 231 g/mol. The third-order valence-electron chi connectivity index (χ3n) is 2.23. The SMILES string of the molecule is CC(CCCNC(C)(C)C)OCCC(F)(F)F. The maximum Gasteiger partial charge on any atom is 0.391 e. The maximum atomic E-state index is 11.9. The van der Waals surface area contributed by atoms with Crippen molar-refractivity contribution in [1.29, 1.82) is 0 Å². The highest BCUT2D eigenvalue weighted by molar-refractivity contribution is 4.70. The molecule has 0 radical (unpaired) electrons. The van der Waals surface area contributed by atoms with Gasteiger partial charge in [-0.1, -0.05) is 0 Å². The topological polar surface area (TPSA) is 21.3 Å².